The van der Waals surface area contributed by atoms with Gasteiger partial charge in [0.15, 0.2) is 16.8 Å². The number of hydrogen-bond donors (Lipinski definition) is 1. The number of halogens is 1. The Hall–Kier alpha value is -3.24. The van der Waals surface area contributed by atoms with Gasteiger partial charge in [0.2, 0.25) is 0 Å². The zero-order chi connectivity index (χ0) is 21.0. The van der Waals surface area contributed by atoms with Crippen molar-refractivity contribution in [3.63, 3.8) is 0 Å². The van der Waals surface area contributed by atoms with Crippen molar-refractivity contribution in [2.24, 2.45) is 0 Å². The Morgan fingerprint density at radius 1 is 1.10 bits per heavy atom. The van der Waals surface area contributed by atoms with Gasteiger partial charge in [-0.15, -0.1) is 0 Å². The molecule has 1 N–H and O–H groups in total. The summed E-state index contributed by atoms with van der Waals surface area (Å²) in [5, 5.41) is 13.7. The van der Waals surface area contributed by atoms with Crippen molar-refractivity contribution in [1.29, 1.82) is 5.26 Å². The van der Waals surface area contributed by atoms with Crippen LogP contribution in [-0.2, 0) is 0 Å². The van der Waals surface area contributed by atoms with Crippen molar-refractivity contribution < 1.29 is 9.18 Å². The molecule has 0 bridgehead atoms. The Kier molecular flexibility index (Phi) is 6.25. The number of carbonyl (C=O) groups excluding carboxylic acids is 1. The monoisotopic (exact) mass is 406 g/mol. The number of thioether (sulfide) groups is 1. The minimum Gasteiger partial charge on any atom is -0.339 e. The van der Waals surface area contributed by atoms with Gasteiger partial charge in [0.05, 0.1) is 5.69 Å². The summed E-state index contributed by atoms with van der Waals surface area (Å²) < 4.78 is 13.4. The average Bonchev–Trinajstić information content (AvgIpc) is 2.68. The smallest absolute Gasteiger partial charge is 0.190 e. The summed E-state index contributed by atoms with van der Waals surface area (Å²) in [5.41, 5.74) is 2.62. The lowest BCUT2D eigenvalue weighted by molar-refractivity contribution is 0.101. The van der Waals surface area contributed by atoms with E-state index in [-0.39, 0.29) is 22.4 Å². The molecule has 1 aromatic heterocycles. The van der Waals surface area contributed by atoms with Crippen molar-refractivity contribution >= 4 is 29.1 Å². The second kappa shape index (κ2) is 8.84. The van der Waals surface area contributed by atoms with Crippen LogP contribution in [0.3, 0.4) is 0 Å². The van der Waals surface area contributed by atoms with Crippen molar-refractivity contribution in [3.05, 3.63) is 65.5 Å². The highest BCUT2D eigenvalue weighted by molar-refractivity contribution is 7.99. The standard InChI is InChI=1S/C22H19FN4OS/c1-13(2)29-22-26-20(16-4-8-17(23)9-5-16)19(12-24)21(27-22)25-18-10-6-15(7-11-18)14(3)28/h4-11,13H,1-3H3,(H,25,26,27). The Balaban J connectivity index is 2.08. The number of ketones is 1. The predicted octanol–water partition coefficient (Wildman–Crippen LogP) is 5.60. The van der Waals surface area contributed by atoms with Gasteiger partial charge in [-0.1, -0.05) is 25.6 Å². The van der Waals surface area contributed by atoms with Gasteiger partial charge in [-0.05, 0) is 55.5 Å². The van der Waals surface area contributed by atoms with E-state index in [1.165, 1.54) is 30.8 Å². The third-order valence-electron chi connectivity index (χ3n) is 4.01. The van der Waals surface area contributed by atoms with Crippen LogP contribution in [0.4, 0.5) is 15.9 Å². The van der Waals surface area contributed by atoms with Crippen molar-refractivity contribution in [1.82, 2.24) is 9.97 Å². The summed E-state index contributed by atoms with van der Waals surface area (Å²) in [6.45, 7) is 5.56. The zero-order valence-electron chi connectivity index (χ0n) is 16.2. The highest BCUT2D eigenvalue weighted by atomic mass is 32.2. The number of aromatic nitrogens is 2. The molecule has 0 aliphatic carbocycles. The Morgan fingerprint density at radius 3 is 2.31 bits per heavy atom. The fourth-order valence-electron chi connectivity index (χ4n) is 2.64. The number of nitrogens with one attached hydrogen (secondary N) is 1. The lowest BCUT2D eigenvalue weighted by Gasteiger charge is -2.14. The van der Waals surface area contributed by atoms with E-state index in [0.29, 0.717) is 33.5 Å². The molecule has 7 heteroatoms. The van der Waals surface area contributed by atoms with Crippen LogP contribution < -0.4 is 5.32 Å². The molecular weight excluding hydrogens is 387 g/mol. The Morgan fingerprint density at radius 2 is 1.76 bits per heavy atom. The number of benzene rings is 2. The number of nitriles is 1. The fourth-order valence-corrected chi connectivity index (χ4v) is 3.35. The summed E-state index contributed by atoms with van der Waals surface area (Å²) in [6, 6.07) is 14.9. The van der Waals surface area contributed by atoms with Crippen molar-refractivity contribution in [2.75, 3.05) is 5.32 Å². The number of Topliss-reactive ketones (excluding diaryl/α,β-unsaturated/α-hetero) is 1. The first-order chi connectivity index (χ1) is 13.9. The van der Waals surface area contributed by atoms with Crippen LogP contribution in [0.5, 0.6) is 0 Å². The average molecular weight is 406 g/mol. The van der Waals surface area contributed by atoms with Crippen molar-refractivity contribution in [2.45, 2.75) is 31.2 Å². The van der Waals surface area contributed by atoms with Gasteiger partial charge in [-0.2, -0.15) is 5.26 Å². The van der Waals surface area contributed by atoms with E-state index in [1.807, 2.05) is 13.8 Å². The molecule has 29 heavy (non-hydrogen) atoms. The van der Waals surface area contributed by atoms with E-state index in [0.717, 1.165) is 0 Å². The topological polar surface area (TPSA) is 78.7 Å². The van der Waals surface area contributed by atoms with Crippen LogP contribution >= 0.6 is 11.8 Å². The lowest BCUT2D eigenvalue weighted by atomic mass is 10.1. The molecule has 3 aromatic rings. The maximum atomic E-state index is 13.4. The van der Waals surface area contributed by atoms with Gasteiger partial charge < -0.3 is 5.32 Å². The molecule has 5 nitrogen and oxygen atoms in total. The quantitative estimate of drug-likeness (QED) is 0.326. The minimum atomic E-state index is -0.359. The molecular formula is C22H19FN4OS. The number of nitrogens with zero attached hydrogens (tertiary/aromatic N) is 3. The lowest BCUT2D eigenvalue weighted by Crippen LogP contribution is -2.05. The third-order valence-corrected chi connectivity index (χ3v) is 4.88. The van der Waals surface area contributed by atoms with Crippen LogP contribution in [0.25, 0.3) is 11.3 Å². The largest absolute Gasteiger partial charge is 0.339 e. The van der Waals surface area contributed by atoms with Gasteiger partial charge in [0, 0.05) is 22.1 Å². The second-order valence-electron chi connectivity index (χ2n) is 6.62. The van der Waals surface area contributed by atoms with Crippen molar-refractivity contribution in [3.8, 4) is 17.3 Å². The second-order valence-corrected chi connectivity index (χ2v) is 8.17. The number of rotatable bonds is 6. The van der Waals surface area contributed by atoms with Gasteiger partial charge in [-0.25, -0.2) is 14.4 Å². The molecule has 0 fully saturated rings. The van der Waals surface area contributed by atoms with Gasteiger partial charge in [0.25, 0.3) is 0 Å². The first-order valence-corrected chi connectivity index (χ1v) is 9.88. The summed E-state index contributed by atoms with van der Waals surface area (Å²) in [7, 11) is 0. The third kappa shape index (κ3) is 4.98. The van der Waals surface area contributed by atoms with Gasteiger partial charge >= 0.3 is 0 Å². The molecule has 0 spiro atoms. The number of carbonyl (C=O) groups is 1. The molecule has 0 amide bonds. The van der Waals surface area contributed by atoms with Crippen LogP contribution in [0.1, 0.15) is 36.7 Å². The highest BCUT2D eigenvalue weighted by Crippen LogP contribution is 2.31. The maximum Gasteiger partial charge on any atom is 0.190 e. The summed E-state index contributed by atoms with van der Waals surface area (Å²) in [4.78, 5) is 20.5. The minimum absolute atomic E-state index is 0.0227. The van der Waals surface area contributed by atoms with E-state index in [2.05, 4.69) is 21.4 Å². The Labute approximate surface area is 173 Å². The van der Waals surface area contributed by atoms with E-state index < -0.39 is 0 Å². The van der Waals surface area contributed by atoms with E-state index in [1.54, 1.807) is 36.4 Å². The van der Waals surface area contributed by atoms with Crippen LogP contribution in [0.15, 0.2) is 53.7 Å². The van der Waals surface area contributed by atoms with Crippen LogP contribution in [0.2, 0.25) is 0 Å². The van der Waals surface area contributed by atoms with Crippen LogP contribution in [0, 0.1) is 17.1 Å². The predicted molar refractivity (Wildman–Crippen MR) is 113 cm³/mol. The SMILES string of the molecule is CC(=O)c1ccc(Nc2nc(SC(C)C)nc(-c3ccc(F)cc3)c2C#N)cc1. The first-order valence-electron chi connectivity index (χ1n) is 9.00. The molecule has 1 heterocycles. The zero-order valence-corrected chi connectivity index (χ0v) is 17.0. The molecule has 0 atom stereocenters. The molecule has 0 unspecified atom stereocenters. The van der Waals surface area contributed by atoms with Gasteiger partial charge in [-0.3, -0.25) is 4.79 Å². The first kappa shape index (κ1) is 20.5. The molecule has 0 saturated heterocycles. The molecule has 146 valence electrons. The summed E-state index contributed by atoms with van der Waals surface area (Å²) in [5.74, 6) is -0.0203. The normalized spacial score (nSPS) is 10.6. The van der Waals surface area contributed by atoms with E-state index >= 15 is 0 Å². The summed E-state index contributed by atoms with van der Waals surface area (Å²) >= 11 is 1.47. The summed E-state index contributed by atoms with van der Waals surface area (Å²) in [6.07, 6.45) is 0. The molecule has 2 aromatic carbocycles. The Bertz CT molecular complexity index is 1070. The molecule has 0 radical (unpaired) electrons. The van der Waals surface area contributed by atoms with Gasteiger partial charge in [0.1, 0.15) is 17.4 Å². The number of anilines is 2. The van der Waals surface area contributed by atoms with Crippen LogP contribution in [-0.4, -0.2) is 21.0 Å². The van der Waals surface area contributed by atoms with E-state index in [9.17, 15) is 14.4 Å². The highest BCUT2D eigenvalue weighted by Gasteiger charge is 2.17. The number of hydrogen-bond acceptors (Lipinski definition) is 6. The fraction of sp³-hybridized carbons (Fsp3) is 0.182. The van der Waals surface area contributed by atoms with E-state index in [4.69, 9.17) is 0 Å². The molecule has 0 aliphatic heterocycles. The maximum absolute atomic E-state index is 13.4. The molecule has 0 aliphatic rings. The molecule has 3 rings (SSSR count). The molecule has 0 saturated carbocycles.